The Bertz CT molecular complexity index is 1360. The van der Waals surface area contributed by atoms with Gasteiger partial charge in [0, 0.05) is 18.7 Å². The van der Waals surface area contributed by atoms with Crippen LogP contribution in [0.4, 0.5) is 11.4 Å². The maximum Gasteiger partial charge on any atom is 0.311 e. The Kier molecular flexibility index (Phi) is 5.79. The second kappa shape index (κ2) is 8.81. The van der Waals surface area contributed by atoms with E-state index >= 15 is 0 Å². The molecule has 0 saturated carbocycles. The molecule has 35 heavy (non-hydrogen) atoms. The van der Waals surface area contributed by atoms with Crippen LogP contribution >= 0.6 is 0 Å². The van der Waals surface area contributed by atoms with Gasteiger partial charge in [-0.25, -0.2) is 0 Å². The van der Waals surface area contributed by atoms with E-state index in [1.807, 2.05) is 0 Å². The molecule has 0 aliphatic carbocycles. The number of benzene rings is 2. The number of amides is 2. The van der Waals surface area contributed by atoms with Gasteiger partial charge >= 0.3 is 5.97 Å². The monoisotopic (exact) mass is 496 g/mol. The van der Waals surface area contributed by atoms with E-state index in [-0.39, 0.29) is 23.9 Å². The van der Waals surface area contributed by atoms with E-state index in [0.717, 1.165) is 0 Å². The molecule has 1 saturated heterocycles. The lowest BCUT2D eigenvalue weighted by atomic mass is 9.97. The highest BCUT2D eigenvalue weighted by atomic mass is 32.2. The summed E-state index contributed by atoms with van der Waals surface area (Å²) in [6.45, 7) is 2.11. The number of hydrogen-bond donors (Lipinski definition) is 1. The smallest absolute Gasteiger partial charge is 0.311 e. The molecular formula is C24H24N4O6S. The van der Waals surface area contributed by atoms with Crippen molar-refractivity contribution in [2.24, 2.45) is 10.3 Å². The van der Waals surface area contributed by atoms with Crippen LogP contribution in [-0.2, 0) is 29.1 Å². The molecule has 2 atom stereocenters. The van der Waals surface area contributed by atoms with Gasteiger partial charge in [0.15, 0.2) is 11.9 Å². The first-order chi connectivity index (χ1) is 16.7. The Balaban J connectivity index is 1.28. The van der Waals surface area contributed by atoms with Gasteiger partial charge in [-0.15, -0.1) is 4.40 Å². The number of nitrogens with one attached hydrogen (secondary N) is 1. The summed E-state index contributed by atoms with van der Waals surface area (Å²) in [5, 5.41) is 2.72. The van der Waals surface area contributed by atoms with Crippen molar-refractivity contribution in [3.8, 4) is 0 Å². The van der Waals surface area contributed by atoms with Crippen molar-refractivity contribution in [2.75, 3.05) is 29.9 Å². The number of sulfonamides is 1. The van der Waals surface area contributed by atoms with E-state index < -0.39 is 33.9 Å². The Hall–Kier alpha value is -3.73. The number of rotatable bonds is 3. The lowest BCUT2D eigenvalue weighted by Gasteiger charge is -2.34. The zero-order valence-corrected chi connectivity index (χ0v) is 19.8. The van der Waals surface area contributed by atoms with Crippen LogP contribution < -0.4 is 10.2 Å². The maximum absolute atomic E-state index is 13.1. The van der Waals surface area contributed by atoms with E-state index in [1.54, 1.807) is 47.4 Å². The predicted octanol–water partition coefficient (Wildman–Crippen LogP) is 1.76. The molecule has 0 radical (unpaired) electrons. The van der Waals surface area contributed by atoms with Gasteiger partial charge in [-0.1, -0.05) is 24.3 Å². The number of ether oxygens (including phenoxy) is 1. The first-order valence-electron chi connectivity index (χ1n) is 11.3. The molecule has 0 bridgehead atoms. The molecule has 2 amide bonds. The van der Waals surface area contributed by atoms with Crippen LogP contribution in [-0.4, -0.2) is 62.7 Å². The lowest BCUT2D eigenvalue weighted by Crippen LogP contribution is -2.48. The zero-order chi connectivity index (χ0) is 24.7. The van der Waals surface area contributed by atoms with Crippen LogP contribution in [0.15, 0.2) is 57.8 Å². The normalized spacial score (nSPS) is 21.3. The van der Waals surface area contributed by atoms with E-state index in [1.165, 1.54) is 17.9 Å². The second-order valence-corrected chi connectivity index (χ2v) is 10.3. The molecule has 0 aromatic heterocycles. The van der Waals surface area contributed by atoms with Crippen LogP contribution in [0.1, 0.15) is 25.3 Å². The number of fused-ring (bicyclic) bond motifs is 2. The van der Waals surface area contributed by atoms with Crippen molar-refractivity contribution in [1.29, 1.82) is 0 Å². The summed E-state index contributed by atoms with van der Waals surface area (Å²) >= 11 is 0. The van der Waals surface area contributed by atoms with E-state index in [2.05, 4.69) is 9.71 Å². The minimum Gasteiger partial charge on any atom is -0.452 e. The van der Waals surface area contributed by atoms with Gasteiger partial charge in [0.25, 0.3) is 15.9 Å². The topological polar surface area (TPSA) is 125 Å². The SMILES string of the molecule is C[C@H](OC(=O)[C@H]1CCCN(C2=NS(=O)(=O)c3ccccc32)C1)C(=O)N1CC(=O)Nc2ccccc21. The molecule has 2 aromatic carbocycles. The van der Waals surface area contributed by atoms with Crippen LogP contribution in [0, 0.1) is 5.92 Å². The molecule has 182 valence electrons. The first kappa shape index (κ1) is 23.0. The minimum absolute atomic E-state index is 0.157. The number of nitrogens with zero attached hydrogens (tertiary/aromatic N) is 3. The number of anilines is 2. The number of likely N-dealkylation sites (tertiary alicyclic amines) is 1. The van der Waals surface area contributed by atoms with Gasteiger partial charge in [0.2, 0.25) is 5.91 Å². The van der Waals surface area contributed by atoms with Crippen LogP contribution in [0.25, 0.3) is 0 Å². The molecular weight excluding hydrogens is 472 g/mol. The average molecular weight is 497 g/mol. The summed E-state index contributed by atoms with van der Waals surface area (Å²) in [7, 11) is -3.77. The molecule has 2 aromatic rings. The van der Waals surface area contributed by atoms with Crippen molar-refractivity contribution in [3.05, 3.63) is 54.1 Å². The van der Waals surface area contributed by atoms with Crippen LogP contribution in [0.2, 0.25) is 0 Å². The summed E-state index contributed by atoms with van der Waals surface area (Å²) in [6, 6.07) is 13.5. The summed E-state index contributed by atoms with van der Waals surface area (Å²) < 4.78 is 34.3. The lowest BCUT2D eigenvalue weighted by molar-refractivity contribution is -0.159. The van der Waals surface area contributed by atoms with Gasteiger partial charge in [-0.3, -0.25) is 19.3 Å². The standard InChI is InChI=1S/C24H24N4O6S/c1-15(23(30)28-14-21(29)25-18-9-3-4-10-19(18)28)34-24(31)16-7-6-12-27(13-16)22-17-8-2-5-11-20(17)35(32,33)26-22/h2-5,8-11,15-16H,6-7,12-14H2,1H3,(H,25,29)/t15-,16-/m0/s1. The van der Waals surface area contributed by atoms with Gasteiger partial charge in [0.05, 0.1) is 17.3 Å². The third-order valence-corrected chi connectivity index (χ3v) is 7.67. The number of carbonyl (C=O) groups is 3. The molecule has 10 nitrogen and oxygen atoms in total. The average Bonchev–Trinajstić information content (AvgIpc) is 3.14. The predicted molar refractivity (Wildman–Crippen MR) is 127 cm³/mol. The number of piperidine rings is 1. The first-order valence-corrected chi connectivity index (χ1v) is 12.8. The summed E-state index contributed by atoms with van der Waals surface area (Å²) in [5.74, 6) is -1.58. The maximum atomic E-state index is 13.1. The highest BCUT2D eigenvalue weighted by Crippen LogP contribution is 2.31. The number of carbonyl (C=O) groups excluding carboxylic acids is 3. The van der Waals surface area contributed by atoms with Crippen molar-refractivity contribution in [3.63, 3.8) is 0 Å². The second-order valence-electron chi connectivity index (χ2n) is 8.74. The van der Waals surface area contributed by atoms with E-state index in [0.29, 0.717) is 42.2 Å². The Morgan fingerprint density at radius 1 is 1.14 bits per heavy atom. The van der Waals surface area contributed by atoms with E-state index in [9.17, 15) is 22.8 Å². The Morgan fingerprint density at radius 2 is 1.89 bits per heavy atom. The van der Waals surface area contributed by atoms with Gasteiger partial charge in [-0.05, 0) is 44.0 Å². The third kappa shape index (κ3) is 4.27. The quantitative estimate of drug-likeness (QED) is 0.642. The molecule has 1 N–H and O–H groups in total. The summed E-state index contributed by atoms with van der Waals surface area (Å²) in [5.41, 5.74) is 1.58. The van der Waals surface area contributed by atoms with Crippen LogP contribution in [0.5, 0.6) is 0 Å². The highest BCUT2D eigenvalue weighted by Gasteiger charge is 2.37. The fourth-order valence-corrected chi connectivity index (χ4v) is 5.88. The largest absolute Gasteiger partial charge is 0.452 e. The van der Waals surface area contributed by atoms with E-state index in [4.69, 9.17) is 4.74 Å². The third-order valence-electron chi connectivity index (χ3n) is 6.34. The van der Waals surface area contributed by atoms with Crippen LogP contribution in [0.3, 0.4) is 0 Å². The fourth-order valence-electron chi connectivity index (χ4n) is 4.65. The number of para-hydroxylation sites is 2. The Morgan fingerprint density at radius 3 is 2.71 bits per heavy atom. The number of esters is 1. The molecule has 11 heteroatoms. The number of amidine groups is 1. The zero-order valence-electron chi connectivity index (χ0n) is 19.0. The summed E-state index contributed by atoms with van der Waals surface area (Å²) in [6.07, 6.45) is 0.0948. The van der Waals surface area contributed by atoms with Crippen molar-refractivity contribution in [2.45, 2.75) is 30.8 Å². The van der Waals surface area contributed by atoms with Crippen molar-refractivity contribution >= 4 is 45.0 Å². The molecule has 0 spiro atoms. The van der Waals surface area contributed by atoms with Crippen molar-refractivity contribution < 1.29 is 27.5 Å². The van der Waals surface area contributed by atoms with Gasteiger partial charge < -0.3 is 15.0 Å². The number of hydrogen-bond acceptors (Lipinski definition) is 7. The molecule has 0 unspecified atom stereocenters. The molecule has 5 rings (SSSR count). The highest BCUT2D eigenvalue weighted by molar-refractivity contribution is 7.90. The molecule has 3 aliphatic heterocycles. The van der Waals surface area contributed by atoms with Gasteiger partial charge in [0.1, 0.15) is 11.4 Å². The van der Waals surface area contributed by atoms with Crippen molar-refractivity contribution in [1.82, 2.24) is 4.90 Å². The minimum atomic E-state index is -3.77. The Labute approximate surface area is 202 Å². The molecule has 3 aliphatic rings. The molecule has 3 heterocycles. The fraction of sp³-hybridized carbons (Fsp3) is 0.333. The van der Waals surface area contributed by atoms with Gasteiger partial charge in [-0.2, -0.15) is 8.42 Å². The summed E-state index contributed by atoms with van der Waals surface area (Å²) in [4.78, 5) is 41.4. The molecule has 1 fully saturated rings.